The molecule has 0 aliphatic heterocycles. The Bertz CT molecular complexity index is 1110. The molecule has 1 N–H and O–H groups in total. The Hall–Kier alpha value is -2.19. The summed E-state index contributed by atoms with van der Waals surface area (Å²) in [4.78, 5) is 50.4. The molecule has 0 amide bonds. The van der Waals surface area contributed by atoms with E-state index in [2.05, 4.69) is 0 Å². The molecule has 8 nitrogen and oxygen atoms in total. The molecule has 0 aromatic rings. The molecule has 228 valence electrons. The number of rotatable bonds is 11. The summed E-state index contributed by atoms with van der Waals surface area (Å²) in [6, 6.07) is 0. The molecule has 0 bridgehead atoms. The fraction of sp³-hybridized carbons (Fsp3) is 0.750. The van der Waals surface area contributed by atoms with Crippen LogP contribution >= 0.6 is 11.6 Å². The molecule has 4 rings (SSSR count). The Balaban J connectivity index is 1.66. The van der Waals surface area contributed by atoms with Gasteiger partial charge in [0.15, 0.2) is 18.0 Å². The summed E-state index contributed by atoms with van der Waals surface area (Å²) in [5, 5.41) is 11.9. The summed E-state index contributed by atoms with van der Waals surface area (Å²) in [6.45, 7) is 7.53. The Morgan fingerprint density at radius 2 is 1.78 bits per heavy atom. The minimum atomic E-state index is -1.64. The number of hydrogen-bond donors (Lipinski definition) is 1. The molecule has 1 unspecified atom stereocenters. The average molecular weight is 593 g/mol. The molecule has 0 saturated heterocycles. The van der Waals surface area contributed by atoms with Gasteiger partial charge in [0.25, 0.3) is 0 Å². The van der Waals surface area contributed by atoms with E-state index in [1.54, 1.807) is 6.08 Å². The Morgan fingerprint density at radius 3 is 2.49 bits per heavy atom. The Labute approximate surface area is 248 Å². The van der Waals surface area contributed by atoms with Gasteiger partial charge in [-0.15, -0.1) is 11.6 Å². The molecule has 0 aromatic carbocycles. The van der Waals surface area contributed by atoms with Gasteiger partial charge in [0.05, 0.1) is 17.6 Å². The van der Waals surface area contributed by atoms with Crippen LogP contribution in [0.1, 0.15) is 98.3 Å². The highest BCUT2D eigenvalue weighted by atomic mass is 35.5. The average Bonchev–Trinajstić information content (AvgIpc) is 3.21. The molecule has 9 heteroatoms. The summed E-state index contributed by atoms with van der Waals surface area (Å²) in [6.07, 6.45) is 9.31. The van der Waals surface area contributed by atoms with Crippen molar-refractivity contribution in [2.24, 2.45) is 22.7 Å². The number of hydrogen-bond acceptors (Lipinski definition) is 8. The van der Waals surface area contributed by atoms with Gasteiger partial charge in [-0.25, -0.2) is 4.79 Å². The first-order chi connectivity index (χ1) is 19.4. The van der Waals surface area contributed by atoms with E-state index in [1.807, 2.05) is 33.8 Å². The maximum atomic E-state index is 14.0. The van der Waals surface area contributed by atoms with Crippen LogP contribution in [0.4, 0.5) is 4.79 Å². The number of alkyl halides is 1. The highest BCUT2D eigenvalue weighted by molar-refractivity contribution is 6.26. The predicted molar refractivity (Wildman–Crippen MR) is 153 cm³/mol. The van der Waals surface area contributed by atoms with Crippen molar-refractivity contribution in [1.29, 1.82) is 0 Å². The van der Waals surface area contributed by atoms with Crippen molar-refractivity contribution in [1.82, 2.24) is 0 Å². The first-order valence-electron chi connectivity index (χ1n) is 15.3. The van der Waals surface area contributed by atoms with E-state index in [-0.39, 0.29) is 43.5 Å². The lowest BCUT2D eigenvalue weighted by atomic mass is 9.45. The number of fused-ring (bicyclic) bond motifs is 5. The number of ether oxygens (including phenoxy) is 3. The van der Waals surface area contributed by atoms with Crippen molar-refractivity contribution in [3.8, 4) is 0 Å². The first-order valence-corrected chi connectivity index (χ1v) is 15.6. The zero-order valence-corrected chi connectivity index (χ0v) is 25.6. The highest BCUT2D eigenvalue weighted by Gasteiger charge is 2.74. The third kappa shape index (κ3) is 5.28. The fourth-order valence-corrected chi connectivity index (χ4v) is 8.74. The van der Waals surface area contributed by atoms with Gasteiger partial charge in [0.2, 0.25) is 5.78 Å². The molecule has 0 radical (unpaired) electrons. The van der Waals surface area contributed by atoms with E-state index in [0.717, 1.165) is 24.8 Å². The standard InChI is InChI=1S/C32H45ClO8/c1-5-7-9-17-39-28(38)41-31(26(36)20-40-27(37)10-8-6-2)16-14-23-24-12-11-21-18-22(34)13-15-29(21,3)32(24,33)25(35)19-30(23,31)4/h13,15,18,23-25,35H,5-12,14,16-17,19-20H2,1-4H3/t23-,24-,25?,29-,30-,31-,32-/m0/s1. The maximum Gasteiger partial charge on any atom is 0.509 e. The second-order valence-electron chi connectivity index (χ2n) is 12.7. The van der Waals surface area contributed by atoms with Gasteiger partial charge in [-0.05, 0) is 68.9 Å². The minimum absolute atomic E-state index is 0.0869. The van der Waals surface area contributed by atoms with Gasteiger partial charge in [-0.3, -0.25) is 14.4 Å². The van der Waals surface area contributed by atoms with Crippen molar-refractivity contribution in [3.05, 3.63) is 23.8 Å². The number of Topliss-reactive ketones (excluding diaryl/α,β-unsaturated/α-hetero) is 1. The van der Waals surface area contributed by atoms with Crippen molar-refractivity contribution in [3.63, 3.8) is 0 Å². The van der Waals surface area contributed by atoms with Gasteiger partial charge in [-0.2, -0.15) is 0 Å². The SMILES string of the molecule is CCCCCOC(=O)O[C@]1(C(=O)COC(=O)CCCC)CC[C@H]2[C@@H]3CCC4=CC(=O)C=C[C@]4(C)[C@@]3(Cl)C(O)C[C@@]21C. The van der Waals surface area contributed by atoms with E-state index in [4.69, 9.17) is 25.8 Å². The van der Waals surface area contributed by atoms with Crippen molar-refractivity contribution in [2.45, 2.75) is 115 Å². The van der Waals surface area contributed by atoms with Gasteiger partial charge < -0.3 is 19.3 Å². The van der Waals surface area contributed by atoms with E-state index < -0.39 is 51.9 Å². The van der Waals surface area contributed by atoms with E-state index in [0.29, 0.717) is 32.1 Å². The monoisotopic (exact) mass is 592 g/mol. The lowest BCUT2D eigenvalue weighted by Gasteiger charge is -2.63. The minimum Gasteiger partial charge on any atom is -0.457 e. The molecule has 3 saturated carbocycles. The fourth-order valence-electron chi connectivity index (χ4n) is 8.22. The number of unbranched alkanes of at least 4 members (excludes halogenated alkanes) is 3. The molecular formula is C32H45ClO8. The number of carbonyl (C=O) groups is 4. The van der Waals surface area contributed by atoms with Crippen LogP contribution in [0.25, 0.3) is 0 Å². The lowest BCUT2D eigenvalue weighted by Crippen LogP contribution is -2.69. The quantitative estimate of drug-likeness (QED) is 0.176. The smallest absolute Gasteiger partial charge is 0.457 e. The van der Waals surface area contributed by atoms with E-state index in [1.165, 1.54) is 6.08 Å². The normalized spacial score (nSPS) is 37.4. The molecule has 0 aromatic heterocycles. The Morgan fingerprint density at radius 1 is 1.05 bits per heavy atom. The molecule has 4 aliphatic rings. The second kappa shape index (κ2) is 12.2. The summed E-state index contributed by atoms with van der Waals surface area (Å²) >= 11 is 7.51. The van der Waals surface area contributed by atoms with Crippen LogP contribution in [-0.4, -0.2) is 58.6 Å². The van der Waals surface area contributed by atoms with E-state index >= 15 is 0 Å². The van der Waals surface area contributed by atoms with Crippen LogP contribution in [0.5, 0.6) is 0 Å². The third-order valence-electron chi connectivity index (χ3n) is 10.5. The van der Waals surface area contributed by atoms with Crippen molar-refractivity contribution >= 4 is 35.3 Å². The number of allylic oxidation sites excluding steroid dienone is 4. The van der Waals surface area contributed by atoms with Gasteiger partial charge in [-0.1, -0.05) is 58.6 Å². The second-order valence-corrected chi connectivity index (χ2v) is 13.4. The Kier molecular flexibility index (Phi) is 9.44. The van der Waals surface area contributed by atoms with Crippen molar-refractivity contribution < 1.29 is 38.5 Å². The highest BCUT2D eigenvalue weighted by Crippen LogP contribution is 2.71. The first kappa shape index (κ1) is 31.7. The van der Waals surface area contributed by atoms with Gasteiger partial charge in [0.1, 0.15) is 0 Å². The molecule has 0 heterocycles. The number of aliphatic hydroxyl groups is 1. The van der Waals surface area contributed by atoms with Crippen molar-refractivity contribution in [2.75, 3.05) is 13.2 Å². The largest absolute Gasteiger partial charge is 0.509 e. The number of aliphatic hydroxyl groups excluding tert-OH is 1. The van der Waals surface area contributed by atoms with Crippen LogP contribution in [0.3, 0.4) is 0 Å². The molecule has 3 fully saturated rings. The van der Waals surface area contributed by atoms with Crippen LogP contribution < -0.4 is 0 Å². The molecule has 0 spiro atoms. The van der Waals surface area contributed by atoms with Crippen LogP contribution in [0.15, 0.2) is 23.8 Å². The zero-order valence-electron chi connectivity index (χ0n) is 24.8. The molecule has 41 heavy (non-hydrogen) atoms. The van der Waals surface area contributed by atoms with Crippen LogP contribution in [0.2, 0.25) is 0 Å². The van der Waals surface area contributed by atoms with Gasteiger partial charge >= 0.3 is 12.1 Å². The van der Waals surface area contributed by atoms with Crippen LogP contribution in [0, 0.1) is 22.7 Å². The third-order valence-corrected chi connectivity index (χ3v) is 11.5. The summed E-state index contributed by atoms with van der Waals surface area (Å²) < 4.78 is 16.7. The summed E-state index contributed by atoms with van der Waals surface area (Å²) in [5.41, 5.74) is -2.45. The molecule has 7 atom stereocenters. The lowest BCUT2D eigenvalue weighted by molar-refractivity contribution is -0.182. The summed E-state index contributed by atoms with van der Waals surface area (Å²) in [7, 11) is 0. The van der Waals surface area contributed by atoms with Crippen LogP contribution in [-0.2, 0) is 28.6 Å². The number of esters is 1. The summed E-state index contributed by atoms with van der Waals surface area (Å²) in [5.74, 6) is -1.45. The van der Waals surface area contributed by atoms with E-state index in [9.17, 15) is 24.3 Å². The maximum absolute atomic E-state index is 14.0. The zero-order chi connectivity index (χ0) is 30.1. The number of ketones is 2. The number of carbonyl (C=O) groups excluding carboxylic acids is 4. The van der Waals surface area contributed by atoms with Gasteiger partial charge in [0, 0.05) is 17.3 Å². The molecular weight excluding hydrogens is 548 g/mol. The number of halogens is 1. The molecule has 4 aliphatic carbocycles. The topological polar surface area (TPSA) is 116 Å². The predicted octanol–water partition coefficient (Wildman–Crippen LogP) is 6.01.